The molecule has 4 aliphatic carbocycles. The van der Waals surface area contributed by atoms with Crippen molar-refractivity contribution in [2.75, 3.05) is 13.1 Å². The molecule has 0 fully saturated rings. The van der Waals surface area contributed by atoms with Crippen LogP contribution in [-0.2, 0) is 23.9 Å². The monoisotopic (exact) mass is 622 g/mol. The number of allylic oxidation sites excluding steroid dienone is 4. The Bertz CT molecular complexity index is 1550. The molecule has 0 aliphatic heterocycles. The molecule has 0 radical (unpaired) electrons. The van der Waals surface area contributed by atoms with E-state index < -0.39 is 0 Å². The van der Waals surface area contributed by atoms with Gasteiger partial charge in [0.15, 0.2) is 0 Å². The molecular weight excluding hydrogens is 568 g/mol. The van der Waals surface area contributed by atoms with Crippen LogP contribution in [0, 0.1) is 11.8 Å². The van der Waals surface area contributed by atoms with E-state index in [-0.39, 0.29) is 22.2 Å². The largest absolute Gasteiger partial charge is 0.326 e. The Labute approximate surface area is 275 Å². The maximum absolute atomic E-state index is 12.1. The molecule has 0 unspecified atom stereocenters. The molecule has 2 aromatic heterocycles. The van der Waals surface area contributed by atoms with Gasteiger partial charge in [-0.15, -0.1) is 0 Å². The van der Waals surface area contributed by atoms with Gasteiger partial charge in [-0.1, -0.05) is 74.0 Å². The predicted molar refractivity (Wildman–Crippen MR) is 189 cm³/mol. The van der Waals surface area contributed by atoms with E-state index in [4.69, 9.17) is 0 Å². The fourth-order valence-corrected chi connectivity index (χ4v) is 9.45. The first-order valence-corrected chi connectivity index (χ1v) is 17.9. The van der Waals surface area contributed by atoms with Gasteiger partial charge >= 0.3 is 0 Å². The van der Waals surface area contributed by atoms with Gasteiger partial charge in [0.25, 0.3) is 0 Å². The molecule has 4 N–H and O–H groups in total. The van der Waals surface area contributed by atoms with Crippen LogP contribution < -0.4 is 21.8 Å². The topological polar surface area (TPSA) is 89.8 Å². The zero-order valence-corrected chi connectivity index (χ0v) is 28.5. The molecule has 0 amide bonds. The maximum Gasteiger partial charge on any atom is 0.248 e. The van der Waals surface area contributed by atoms with Gasteiger partial charge in [-0.3, -0.25) is 9.59 Å². The second-order valence-electron chi connectivity index (χ2n) is 14.4. The normalized spacial score (nSPS) is 28.1. The van der Waals surface area contributed by atoms with Crippen LogP contribution in [0.5, 0.6) is 0 Å². The molecule has 4 aliphatic rings. The Kier molecular flexibility index (Phi) is 9.86. The number of hydrogen-bond acceptors (Lipinski definition) is 4. The number of H-pyrrole nitrogens is 2. The highest BCUT2D eigenvalue weighted by molar-refractivity contribution is 5.50. The van der Waals surface area contributed by atoms with Gasteiger partial charge in [0, 0.05) is 35.4 Å². The number of hydrogen-bond donors (Lipinski definition) is 4. The van der Waals surface area contributed by atoms with Crippen molar-refractivity contribution in [3.63, 3.8) is 0 Å². The van der Waals surface area contributed by atoms with Gasteiger partial charge in [-0.25, -0.2) is 0 Å². The fourth-order valence-electron chi connectivity index (χ4n) is 9.45. The third-order valence-corrected chi connectivity index (χ3v) is 11.2. The number of fused-ring (bicyclic) bond motifs is 8. The van der Waals surface area contributed by atoms with E-state index in [1.807, 2.05) is 0 Å². The van der Waals surface area contributed by atoms with Crippen LogP contribution in [0.1, 0.15) is 114 Å². The molecule has 2 heterocycles. The molecule has 0 spiro atoms. The summed E-state index contributed by atoms with van der Waals surface area (Å²) in [4.78, 5) is 30.5. The summed E-state index contributed by atoms with van der Waals surface area (Å²) >= 11 is 0. The van der Waals surface area contributed by atoms with E-state index in [1.165, 1.54) is 84.8 Å². The van der Waals surface area contributed by atoms with Gasteiger partial charge < -0.3 is 20.6 Å². The average molecular weight is 623 g/mol. The Hall–Kier alpha value is -3.22. The molecule has 0 aromatic carbocycles. The highest BCUT2D eigenvalue weighted by Crippen LogP contribution is 2.50. The summed E-state index contributed by atoms with van der Waals surface area (Å²) < 4.78 is 0. The molecule has 246 valence electrons. The van der Waals surface area contributed by atoms with Crippen LogP contribution in [0.3, 0.4) is 0 Å². The number of rotatable bonds is 13. The molecule has 0 saturated heterocycles. The number of aromatic amines is 2. The second-order valence-corrected chi connectivity index (χ2v) is 14.4. The molecule has 6 heteroatoms. The van der Waals surface area contributed by atoms with Gasteiger partial charge in [-0.05, 0) is 114 Å². The maximum atomic E-state index is 12.1. The van der Waals surface area contributed by atoms with E-state index in [9.17, 15) is 9.59 Å². The van der Waals surface area contributed by atoms with Gasteiger partial charge in [0.2, 0.25) is 11.1 Å². The van der Waals surface area contributed by atoms with E-state index in [0.29, 0.717) is 11.8 Å². The van der Waals surface area contributed by atoms with Crippen molar-refractivity contribution in [2.24, 2.45) is 11.8 Å². The van der Waals surface area contributed by atoms with Crippen molar-refractivity contribution >= 4 is 0 Å². The summed E-state index contributed by atoms with van der Waals surface area (Å²) in [6.45, 7) is 10.8. The van der Waals surface area contributed by atoms with Crippen molar-refractivity contribution < 1.29 is 0 Å². The zero-order valence-electron chi connectivity index (χ0n) is 28.5. The van der Waals surface area contributed by atoms with Crippen LogP contribution in [0.2, 0.25) is 0 Å². The van der Waals surface area contributed by atoms with Crippen LogP contribution in [-0.4, -0.2) is 23.1 Å². The Morgan fingerprint density at radius 2 is 1.04 bits per heavy atom. The van der Waals surface area contributed by atoms with E-state index in [1.54, 1.807) is 12.1 Å². The first-order chi connectivity index (χ1) is 22.3. The summed E-state index contributed by atoms with van der Waals surface area (Å²) in [5.41, 5.74) is 10.1. The number of aromatic nitrogens is 2. The van der Waals surface area contributed by atoms with Crippen LogP contribution >= 0.6 is 0 Å². The van der Waals surface area contributed by atoms with Crippen molar-refractivity contribution in [1.82, 2.24) is 20.6 Å². The second kappa shape index (κ2) is 13.9. The summed E-state index contributed by atoms with van der Waals surface area (Å²) in [6.07, 6.45) is 23.1. The first kappa shape index (κ1) is 32.7. The van der Waals surface area contributed by atoms with Crippen molar-refractivity contribution in [3.8, 4) is 0 Å². The molecule has 6 rings (SSSR count). The molecule has 0 saturated carbocycles. The standard InChI is InChI=1S/C40H54N4O2/c1-5-31-29-21-27(3)25-39(31,33-15-17-37(45)43-35(33)23-29)41-19-13-11-9-7-8-10-12-14-20-42-40-26-28(4)22-30(32(40)6-2)24-36-34(40)16-18-38(46)44-36/h5-6,15-18,21-22,29-30,41-42H,7-14,19-20,23-26H2,1-4H3,(H,43,45)(H,44,46)/b31-5+,32-6+/t29-,30-,39+,40+/m0/s1. The van der Waals surface area contributed by atoms with E-state index >= 15 is 0 Å². The van der Waals surface area contributed by atoms with Crippen LogP contribution in [0.25, 0.3) is 0 Å². The van der Waals surface area contributed by atoms with E-state index in [0.717, 1.165) is 50.2 Å². The SMILES string of the molecule is C/C=C1\[C@H]2C=C(C)C[C@]1(NCCCCCCCCCCN[C@@]13CC(C)=C[C@@H](Cc4[nH]c(=O)ccc41)/C3=C\C)c1ccc(=O)[nH]c1C2. The Morgan fingerprint density at radius 1 is 0.652 bits per heavy atom. The van der Waals surface area contributed by atoms with Gasteiger partial charge in [0.1, 0.15) is 0 Å². The van der Waals surface area contributed by atoms with E-state index in [2.05, 4.69) is 84.7 Å². The van der Waals surface area contributed by atoms with Crippen molar-refractivity contribution in [3.05, 3.63) is 114 Å². The molecule has 46 heavy (non-hydrogen) atoms. The number of pyridine rings is 2. The summed E-state index contributed by atoms with van der Waals surface area (Å²) in [6, 6.07) is 7.52. The number of nitrogens with one attached hydrogen (secondary N) is 4. The minimum absolute atomic E-state index is 0.00104. The smallest absolute Gasteiger partial charge is 0.248 e. The van der Waals surface area contributed by atoms with Crippen LogP contribution in [0.15, 0.2) is 80.5 Å². The predicted octanol–water partition coefficient (Wildman–Crippen LogP) is 7.39. The summed E-state index contributed by atoms with van der Waals surface area (Å²) in [7, 11) is 0. The van der Waals surface area contributed by atoms with Crippen molar-refractivity contribution in [2.45, 2.75) is 116 Å². The zero-order chi connectivity index (χ0) is 32.3. The van der Waals surface area contributed by atoms with Gasteiger partial charge in [-0.2, -0.15) is 0 Å². The minimum atomic E-state index is -0.193. The fraction of sp³-hybridized carbons (Fsp3) is 0.550. The highest BCUT2D eigenvalue weighted by atomic mass is 16.1. The Morgan fingerprint density at radius 3 is 1.43 bits per heavy atom. The number of unbranched alkanes of at least 4 members (excludes halogenated alkanes) is 7. The van der Waals surface area contributed by atoms with Crippen molar-refractivity contribution in [1.29, 1.82) is 0 Å². The first-order valence-electron chi connectivity index (χ1n) is 17.9. The lowest BCUT2D eigenvalue weighted by atomic mass is 9.63. The third-order valence-electron chi connectivity index (χ3n) is 11.2. The lowest BCUT2D eigenvalue weighted by molar-refractivity contribution is 0.318. The lowest BCUT2D eigenvalue weighted by Gasteiger charge is -2.48. The molecule has 2 aromatic rings. The Balaban J connectivity index is 0.931. The molecular formula is C40H54N4O2. The molecule has 6 nitrogen and oxygen atoms in total. The lowest BCUT2D eigenvalue weighted by Crippen LogP contribution is -2.52. The highest BCUT2D eigenvalue weighted by Gasteiger charge is 2.47. The average Bonchev–Trinajstić information content (AvgIpc) is 3.00. The molecule has 4 bridgehead atoms. The molecule has 4 atom stereocenters. The third kappa shape index (κ3) is 6.23. The summed E-state index contributed by atoms with van der Waals surface area (Å²) in [5.74, 6) is 0.725. The minimum Gasteiger partial charge on any atom is -0.326 e. The van der Waals surface area contributed by atoms with Crippen LogP contribution in [0.4, 0.5) is 0 Å². The van der Waals surface area contributed by atoms with Gasteiger partial charge in [0.05, 0.1) is 11.1 Å². The quantitative estimate of drug-likeness (QED) is 0.139. The summed E-state index contributed by atoms with van der Waals surface area (Å²) in [5, 5.41) is 7.99.